The summed E-state index contributed by atoms with van der Waals surface area (Å²) < 4.78 is 38.0. The van der Waals surface area contributed by atoms with Crippen molar-refractivity contribution in [3.63, 3.8) is 0 Å². The first-order chi connectivity index (χ1) is 12.2. The minimum Gasteiger partial charge on any atom is -0.481 e. The molecule has 27 heavy (non-hydrogen) atoms. The average molecular weight is 392 g/mol. The molecule has 0 amide bonds. The molecule has 1 rings (SSSR count). The third-order valence-electron chi connectivity index (χ3n) is 2.94. The molecule has 0 aromatic heterocycles. The molecule has 0 radical (unpaired) electrons. The summed E-state index contributed by atoms with van der Waals surface area (Å²) in [5.41, 5.74) is -0.230. The van der Waals surface area contributed by atoms with Crippen LogP contribution in [0.15, 0.2) is 29.4 Å². The maximum atomic E-state index is 12.7. The number of aliphatic carboxylic acids is 1. The number of β-amino-alcohol motifs (C(OH)–C–C–N with tert-alkyl or cyclic N) is 1. The number of hydrogen-bond acceptors (Lipinski definition) is 5. The molecule has 1 aromatic rings. The zero-order valence-electron chi connectivity index (χ0n) is 16.1. The van der Waals surface area contributed by atoms with Crippen molar-refractivity contribution in [1.29, 1.82) is 0 Å². The molecule has 0 heterocycles. The molecule has 9 heteroatoms. The standard InChI is InChI=1S/C16H23F3N2O2.C2H4O2/c1-11(12-6-5-7-13(8-12)16(17,18)19)21-23-10-14(22)9-20-15(2,3)4;1-2(3)4/h5-8,14,20,22H,9-10H2,1-4H3;1H3,(H,3,4). The Bertz CT molecular complexity index is 622. The number of benzene rings is 1. The van der Waals surface area contributed by atoms with Crippen LogP contribution in [-0.2, 0) is 15.8 Å². The number of carbonyl (C=O) groups is 1. The van der Waals surface area contributed by atoms with Crippen LogP contribution in [0, 0.1) is 0 Å². The fraction of sp³-hybridized carbons (Fsp3) is 0.556. The minimum atomic E-state index is -4.40. The number of aliphatic hydroxyl groups is 1. The highest BCUT2D eigenvalue weighted by atomic mass is 19.4. The largest absolute Gasteiger partial charge is 0.481 e. The fourth-order valence-electron chi connectivity index (χ4n) is 1.68. The fourth-order valence-corrected chi connectivity index (χ4v) is 1.68. The lowest BCUT2D eigenvalue weighted by molar-refractivity contribution is -0.137. The van der Waals surface area contributed by atoms with Gasteiger partial charge in [-0.3, -0.25) is 4.79 Å². The van der Waals surface area contributed by atoms with E-state index < -0.39 is 23.8 Å². The maximum absolute atomic E-state index is 12.7. The van der Waals surface area contributed by atoms with Crippen molar-refractivity contribution in [3.8, 4) is 0 Å². The first-order valence-corrected chi connectivity index (χ1v) is 8.19. The summed E-state index contributed by atoms with van der Waals surface area (Å²) in [6.07, 6.45) is -5.15. The van der Waals surface area contributed by atoms with Gasteiger partial charge in [0.05, 0.1) is 11.3 Å². The molecule has 0 aliphatic carbocycles. The summed E-state index contributed by atoms with van der Waals surface area (Å²) in [5.74, 6) is -0.833. The van der Waals surface area contributed by atoms with Crippen LogP contribution in [0.3, 0.4) is 0 Å². The van der Waals surface area contributed by atoms with E-state index in [2.05, 4.69) is 10.5 Å². The van der Waals surface area contributed by atoms with Gasteiger partial charge in [0.25, 0.3) is 5.97 Å². The van der Waals surface area contributed by atoms with E-state index in [9.17, 15) is 18.3 Å². The molecule has 0 saturated heterocycles. The second-order valence-corrected chi connectivity index (χ2v) is 6.85. The van der Waals surface area contributed by atoms with Crippen LogP contribution in [0.5, 0.6) is 0 Å². The number of aliphatic hydroxyl groups excluding tert-OH is 1. The Morgan fingerprint density at radius 2 is 1.81 bits per heavy atom. The molecule has 3 N–H and O–H groups in total. The highest BCUT2D eigenvalue weighted by Gasteiger charge is 2.30. The van der Waals surface area contributed by atoms with E-state index in [1.165, 1.54) is 12.1 Å². The zero-order chi connectivity index (χ0) is 21.3. The third kappa shape index (κ3) is 12.8. The number of carboxylic acids is 1. The Labute approximate surface area is 157 Å². The Morgan fingerprint density at radius 1 is 1.26 bits per heavy atom. The second-order valence-electron chi connectivity index (χ2n) is 6.85. The maximum Gasteiger partial charge on any atom is 0.416 e. The van der Waals surface area contributed by atoms with Gasteiger partial charge in [0, 0.05) is 19.0 Å². The lowest BCUT2D eigenvalue weighted by atomic mass is 10.1. The first-order valence-electron chi connectivity index (χ1n) is 8.19. The molecule has 6 nitrogen and oxygen atoms in total. The minimum absolute atomic E-state index is 0.0423. The van der Waals surface area contributed by atoms with Crippen molar-refractivity contribution in [3.05, 3.63) is 35.4 Å². The number of hydrogen-bond donors (Lipinski definition) is 3. The molecular formula is C18H27F3N2O4. The van der Waals surface area contributed by atoms with Crippen molar-refractivity contribution >= 4 is 11.7 Å². The zero-order valence-corrected chi connectivity index (χ0v) is 16.1. The van der Waals surface area contributed by atoms with Crippen LogP contribution >= 0.6 is 0 Å². The number of nitrogens with zero attached hydrogens (tertiary/aromatic N) is 1. The number of halogens is 3. The summed E-state index contributed by atoms with van der Waals surface area (Å²) in [7, 11) is 0. The first kappa shape index (κ1) is 24.9. The molecule has 0 spiro atoms. The molecule has 1 unspecified atom stereocenters. The summed E-state index contributed by atoms with van der Waals surface area (Å²) in [5, 5.41) is 24.0. The summed E-state index contributed by atoms with van der Waals surface area (Å²) in [4.78, 5) is 14.0. The molecule has 0 aliphatic rings. The predicted molar refractivity (Wildman–Crippen MR) is 96.7 cm³/mol. The Morgan fingerprint density at radius 3 is 2.30 bits per heavy atom. The monoisotopic (exact) mass is 392 g/mol. The van der Waals surface area contributed by atoms with Crippen molar-refractivity contribution in [2.75, 3.05) is 13.2 Å². The van der Waals surface area contributed by atoms with E-state index in [4.69, 9.17) is 14.7 Å². The molecule has 1 atom stereocenters. The van der Waals surface area contributed by atoms with Gasteiger partial charge in [-0.05, 0) is 45.4 Å². The topological polar surface area (TPSA) is 91.2 Å². The number of carboxylic acid groups (broad SMARTS) is 1. The molecule has 1 aromatic carbocycles. The van der Waals surface area contributed by atoms with Gasteiger partial charge >= 0.3 is 6.18 Å². The highest BCUT2D eigenvalue weighted by molar-refractivity contribution is 5.98. The lowest BCUT2D eigenvalue weighted by Gasteiger charge is -2.22. The third-order valence-corrected chi connectivity index (χ3v) is 2.94. The number of alkyl halides is 3. The number of oxime groups is 1. The summed E-state index contributed by atoms with van der Waals surface area (Å²) in [6.45, 7) is 8.83. The van der Waals surface area contributed by atoms with Crippen LogP contribution in [0.4, 0.5) is 13.2 Å². The van der Waals surface area contributed by atoms with Crippen molar-refractivity contribution in [2.24, 2.45) is 5.16 Å². The van der Waals surface area contributed by atoms with Gasteiger partial charge in [0.1, 0.15) is 12.7 Å². The van der Waals surface area contributed by atoms with Gasteiger partial charge in [-0.1, -0.05) is 17.3 Å². The molecular weight excluding hydrogens is 365 g/mol. The number of nitrogens with one attached hydrogen (secondary N) is 1. The van der Waals surface area contributed by atoms with Gasteiger partial charge in [-0.15, -0.1) is 0 Å². The van der Waals surface area contributed by atoms with E-state index in [1.807, 2.05) is 20.8 Å². The van der Waals surface area contributed by atoms with Crippen LogP contribution in [0.25, 0.3) is 0 Å². The Kier molecular flexibility index (Phi) is 10.0. The van der Waals surface area contributed by atoms with Gasteiger partial charge in [0.2, 0.25) is 0 Å². The number of rotatable bonds is 6. The normalized spacial score (nSPS) is 13.4. The SMILES string of the molecule is CC(=NOCC(O)CNC(C)(C)C)c1cccc(C(F)(F)F)c1.CC(=O)O. The smallest absolute Gasteiger partial charge is 0.416 e. The molecule has 0 saturated carbocycles. The van der Waals surface area contributed by atoms with E-state index in [1.54, 1.807) is 6.92 Å². The highest BCUT2D eigenvalue weighted by Crippen LogP contribution is 2.29. The Hall–Kier alpha value is -2.13. The van der Waals surface area contributed by atoms with Crippen molar-refractivity contribution in [2.45, 2.75) is 52.4 Å². The lowest BCUT2D eigenvalue weighted by Crippen LogP contribution is -2.42. The Balaban J connectivity index is 0.00000153. The van der Waals surface area contributed by atoms with Crippen LogP contribution in [-0.4, -0.2) is 46.7 Å². The molecule has 0 fully saturated rings. The van der Waals surface area contributed by atoms with E-state index in [0.29, 0.717) is 17.8 Å². The van der Waals surface area contributed by atoms with E-state index in [0.717, 1.165) is 19.1 Å². The second kappa shape index (κ2) is 10.9. The predicted octanol–water partition coefficient (Wildman–Crippen LogP) is 3.29. The van der Waals surface area contributed by atoms with Gasteiger partial charge in [0.15, 0.2) is 0 Å². The van der Waals surface area contributed by atoms with Gasteiger partial charge in [-0.2, -0.15) is 13.2 Å². The van der Waals surface area contributed by atoms with Crippen LogP contribution < -0.4 is 5.32 Å². The van der Waals surface area contributed by atoms with Crippen molar-refractivity contribution < 1.29 is 33.0 Å². The van der Waals surface area contributed by atoms with Gasteiger partial charge in [-0.25, -0.2) is 0 Å². The van der Waals surface area contributed by atoms with E-state index in [-0.39, 0.29) is 12.1 Å². The summed E-state index contributed by atoms with van der Waals surface area (Å²) >= 11 is 0. The van der Waals surface area contributed by atoms with Crippen LogP contribution in [0.1, 0.15) is 45.7 Å². The van der Waals surface area contributed by atoms with Gasteiger partial charge < -0.3 is 20.4 Å². The van der Waals surface area contributed by atoms with E-state index >= 15 is 0 Å². The molecule has 0 aliphatic heterocycles. The molecule has 0 bridgehead atoms. The quantitative estimate of drug-likeness (QED) is 0.511. The van der Waals surface area contributed by atoms with Crippen LogP contribution in [0.2, 0.25) is 0 Å². The van der Waals surface area contributed by atoms with Crippen molar-refractivity contribution in [1.82, 2.24) is 5.32 Å². The summed E-state index contributed by atoms with van der Waals surface area (Å²) in [6, 6.07) is 4.85. The molecule has 154 valence electrons. The average Bonchev–Trinajstić information content (AvgIpc) is 2.51.